The van der Waals surface area contributed by atoms with E-state index in [0.717, 1.165) is 0 Å². The Bertz CT molecular complexity index is 1010. The lowest BCUT2D eigenvalue weighted by Crippen LogP contribution is -2.23. The average Bonchev–Trinajstić information content (AvgIpc) is 2.68. The molecule has 30 heavy (non-hydrogen) atoms. The molecule has 164 valence electrons. The smallest absolute Gasteiger partial charge is 0.324 e. The predicted molar refractivity (Wildman–Crippen MR) is 118 cm³/mol. The van der Waals surface area contributed by atoms with Gasteiger partial charge in [-0.2, -0.15) is 0 Å². The summed E-state index contributed by atoms with van der Waals surface area (Å²) in [6.07, 6.45) is 0.343. The topological polar surface area (TPSA) is 94.6 Å². The third-order valence-electron chi connectivity index (χ3n) is 4.27. The van der Waals surface area contributed by atoms with Gasteiger partial charge in [-0.3, -0.25) is 4.79 Å². The number of hydrogen-bond donors (Lipinski definition) is 0. The number of rotatable bonds is 12. The van der Waals surface area contributed by atoms with Crippen LogP contribution in [-0.4, -0.2) is 46.3 Å². The van der Waals surface area contributed by atoms with Crippen molar-refractivity contribution in [1.82, 2.24) is 0 Å². The first-order valence-electron chi connectivity index (χ1n) is 9.46. The van der Waals surface area contributed by atoms with Crippen LogP contribution in [0.1, 0.15) is 24.0 Å². The summed E-state index contributed by atoms with van der Waals surface area (Å²) >= 11 is 5.98. The highest BCUT2D eigenvalue weighted by Crippen LogP contribution is 2.13. The lowest BCUT2D eigenvalue weighted by molar-refractivity contribution is -0.142. The average molecular weight is 473 g/mol. The zero-order chi connectivity index (χ0) is 22.0. The van der Waals surface area contributed by atoms with Gasteiger partial charge in [-0.15, -0.1) is 11.6 Å². The number of carbonyl (C=O) groups excluding carboxylic acids is 1. The van der Waals surface area contributed by atoms with E-state index in [0.29, 0.717) is 11.1 Å². The summed E-state index contributed by atoms with van der Waals surface area (Å²) in [7, 11) is -6.73. The van der Waals surface area contributed by atoms with Crippen LogP contribution in [0.4, 0.5) is 0 Å². The molecule has 2 aromatic rings. The highest BCUT2D eigenvalue weighted by atomic mass is 35.5. The molecule has 0 aliphatic rings. The molecule has 0 N–H and O–H groups in total. The lowest BCUT2D eigenvalue weighted by atomic mass is 10.2. The molecule has 0 aliphatic heterocycles. The molecule has 0 heterocycles. The number of hydrogen-bond acceptors (Lipinski definition) is 6. The summed E-state index contributed by atoms with van der Waals surface area (Å²) < 4.78 is 53.5. The van der Waals surface area contributed by atoms with Crippen LogP contribution in [0.15, 0.2) is 60.7 Å². The van der Waals surface area contributed by atoms with E-state index in [9.17, 15) is 21.6 Å². The summed E-state index contributed by atoms with van der Waals surface area (Å²) in [6, 6.07) is 17.6. The molecule has 0 saturated heterocycles. The number of ether oxygens (including phenoxy) is 1. The maximum absolute atomic E-state index is 12.2. The standard InChI is InChI=1S/C21H25ClO6S2/c22-20(12-7-14-29(24,25)16-18-8-3-1-4-9-18)21(23)28-13-15-30(26,27)17-19-10-5-2-6-11-19/h1-6,8-11,20H,7,12-17H2. The molecule has 2 aromatic carbocycles. The van der Waals surface area contributed by atoms with Crippen molar-refractivity contribution in [3.63, 3.8) is 0 Å². The first-order chi connectivity index (χ1) is 14.2. The van der Waals surface area contributed by atoms with Gasteiger partial charge >= 0.3 is 5.97 Å². The zero-order valence-corrected chi connectivity index (χ0v) is 18.8. The molecule has 1 atom stereocenters. The molecule has 0 saturated carbocycles. The molecule has 0 fully saturated rings. The monoisotopic (exact) mass is 472 g/mol. The van der Waals surface area contributed by atoms with Crippen molar-refractivity contribution in [3.8, 4) is 0 Å². The maximum Gasteiger partial charge on any atom is 0.324 e. The first-order valence-corrected chi connectivity index (χ1v) is 13.5. The Morgan fingerprint density at radius 2 is 1.27 bits per heavy atom. The molecule has 0 spiro atoms. The normalized spacial score (nSPS) is 13.0. The van der Waals surface area contributed by atoms with Gasteiger partial charge in [-0.25, -0.2) is 16.8 Å². The van der Waals surface area contributed by atoms with Crippen LogP contribution >= 0.6 is 11.6 Å². The third-order valence-corrected chi connectivity index (χ3v) is 7.91. The maximum atomic E-state index is 12.2. The summed E-state index contributed by atoms with van der Waals surface area (Å²) in [5.74, 6) is -1.33. The minimum atomic E-state index is -3.42. The fraction of sp³-hybridized carbons (Fsp3) is 0.381. The van der Waals surface area contributed by atoms with Crippen molar-refractivity contribution in [2.75, 3.05) is 18.1 Å². The summed E-state index contributed by atoms with van der Waals surface area (Å²) in [5, 5.41) is -1.02. The van der Waals surface area contributed by atoms with Crippen molar-refractivity contribution < 1.29 is 26.4 Å². The van der Waals surface area contributed by atoms with Gasteiger partial charge in [-0.1, -0.05) is 60.7 Å². The van der Waals surface area contributed by atoms with Gasteiger partial charge in [0.2, 0.25) is 0 Å². The van der Waals surface area contributed by atoms with Crippen LogP contribution in [0.25, 0.3) is 0 Å². The Balaban J connectivity index is 1.69. The highest BCUT2D eigenvalue weighted by molar-refractivity contribution is 7.90. The Morgan fingerprint density at radius 1 is 0.800 bits per heavy atom. The largest absolute Gasteiger partial charge is 0.464 e. The van der Waals surface area contributed by atoms with Crippen LogP contribution in [-0.2, 0) is 40.7 Å². The minimum Gasteiger partial charge on any atom is -0.464 e. The van der Waals surface area contributed by atoms with Crippen LogP contribution < -0.4 is 0 Å². The Labute approximate surface area is 183 Å². The van der Waals surface area contributed by atoms with Gasteiger partial charge in [0, 0.05) is 0 Å². The third kappa shape index (κ3) is 9.28. The van der Waals surface area contributed by atoms with E-state index in [1.165, 1.54) is 0 Å². The number of alkyl halides is 1. The van der Waals surface area contributed by atoms with Crippen LogP contribution in [0.2, 0.25) is 0 Å². The highest BCUT2D eigenvalue weighted by Gasteiger charge is 2.20. The Morgan fingerprint density at radius 3 is 1.77 bits per heavy atom. The fourth-order valence-corrected chi connectivity index (χ4v) is 5.61. The predicted octanol–water partition coefficient (Wildman–Crippen LogP) is 3.15. The van der Waals surface area contributed by atoms with E-state index in [1.807, 2.05) is 6.07 Å². The Hall–Kier alpha value is -1.90. The molecule has 0 aromatic heterocycles. The van der Waals surface area contributed by atoms with E-state index < -0.39 is 31.0 Å². The Kier molecular flexibility index (Phi) is 9.33. The van der Waals surface area contributed by atoms with E-state index in [1.54, 1.807) is 54.6 Å². The quantitative estimate of drug-likeness (QED) is 0.348. The fourth-order valence-electron chi connectivity index (χ4n) is 2.76. The van der Waals surface area contributed by atoms with Crippen LogP contribution in [0, 0.1) is 0 Å². The van der Waals surface area contributed by atoms with Gasteiger partial charge in [-0.05, 0) is 24.0 Å². The number of benzene rings is 2. The van der Waals surface area contributed by atoms with Crippen molar-refractivity contribution in [2.45, 2.75) is 29.7 Å². The van der Waals surface area contributed by atoms with Gasteiger partial charge < -0.3 is 4.74 Å². The molecule has 9 heteroatoms. The van der Waals surface area contributed by atoms with Gasteiger partial charge in [0.05, 0.1) is 23.0 Å². The van der Waals surface area contributed by atoms with Gasteiger partial charge in [0.15, 0.2) is 19.7 Å². The van der Waals surface area contributed by atoms with Crippen molar-refractivity contribution in [3.05, 3.63) is 71.8 Å². The number of carbonyl (C=O) groups is 1. The zero-order valence-electron chi connectivity index (χ0n) is 16.4. The van der Waals surface area contributed by atoms with E-state index in [-0.39, 0.29) is 42.5 Å². The van der Waals surface area contributed by atoms with Crippen LogP contribution in [0.5, 0.6) is 0 Å². The van der Waals surface area contributed by atoms with Crippen molar-refractivity contribution >= 4 is 37.2 Å². The summed E-state index contributed by atoms with van der Waals surface area (Å²) in [5.41, 5.74) is 1.37. The van der Waals surface area contributed by atoms with Gasteiger partial charge in [0.1, 0.15) is 12.0 Å². The molecular formula is C21H25ClO6S2. The number of halogens is 1. The molecule has 6 nitrogen and oxygen atoms in total. The SMILES string of the molecule is O=C(OCCS(=O)(=O)Cc1ccccc1)C(Cl)CCCS(=O)(=O)Cc1ccccc1. The lowest BCUT2D eigenvalue weighted by Gasteiger charge is -2.11. The number of sulfone groups is 2. The molecule has 0 amide bonds. The second-order valence-electron chi connectivity index (χ2n) is 6.93. The summed E-state index contributed by atoms with van der Waals surface area (Å²) in [6.45, 7) is -0.288. The molecular weight excluding hydrogens is 448 g/mol. The molecule has 1 unspecified atom stereocenters. The van der Waals surface area contributed by atoms with Crippen molar-refractivity contribution in [2.24, 2.45) is 0 Å². The molecule has 0 aliphatic carbocycles. The molecule has 2 rings (SSSR count). The first kappa shape index (κ1) is 24.4. The van der Waals surface area contributed by atoms with E-state index in [4.69, 9.17) is 16.3 Å². The summed E-state index contributed by atoms with van der Waals surface area (Å²) in [4.78, 5) is 11.9. The van der Waals surface area contributed by atoms with Crippen molar-refractivity contribution in [1.29, 1.82) is 0 Å². The van der Waals surface area contributed by atoms with Crippen LogP contribution in [0.3, 0.4) is 0 Å². The second-order valence-corrected chi connectivity index (χ2v) is 11.8. The number of esters is 1. The minimum absolute atomic E-state index is 0.0650. The van der Waals surface area contributed by atoms with Gasteiger partial charge in [0.25, 0.3) is 0 Å². The second kappa shape index (κ2) is 11.5. The van der Waals surface area contributed by atoms with E-state index in [2.05, 4.69) is 0 Å². The molecule has 0 radical (unpaired) electrons. The molecule has 0 bridgehead atoms. The van der Waals surface area contributed by atoms with E-state index >= 15 is 0 Å².